The molecule has 1 aromatic carbocycles. The molecule has 3 heterocycles. The Balaban J connectivity index is 1.50. The van der Waals surface area contributed by atoms with E-state index in [2.05, 4.69) is 52.2 Å². The highest BCUT2D eigenvalue weighted by Crippen LogP contribution is 2.33. The highest BCUT2D eigenvalue weighted by atomic mass is 32.1. The highest BCUT2D eigenvalue weighted by Gasteiger charge is 2.19. The van der Waals surface area contributed by atoms with Crippen LogP contribution in [0.4, 0.5) is 5.69 Å². The van der Waals surface area contributed by atoms with E-state index in [0.717, 1.165) is 49.3 Å². The van der Waals surface area contributed by atoms with Crippen molar-refractivity contribution in [3.05, 3.63) is 29.3 Å². The third-order valence-electron chi connectivity index (χ3n) is 5.26. The fourth-order valence-electron chi connectivity index (χ4n) is 3.39. The van der Waals surface area contributed by atoms with Crippen molar-refractivity contribution in [2.75, 3.05) is 44.7 Å². The number of anilines is 1. The fourth-order valence-corrected chi connectivity index (χ4v) is 4.22. The van der Waals surface area contributed by atoms with Crippen LogP contribution in [0.2, 0.25) is 0 Å². The molecular formula is C21H27N5O2S. The Hall–Kier alpha value is -2.45. The minimum Gasteiger partial charge on any atom is -0.369 e. The van der Waals surface area contributed by atoms with Gasteiger partial charge in [-0.15, -0.1) is 11.3 Å². The summed E-state index contributed by atoms with van der Waals surface area (Å²) in [7, 11) is 2.15. The molecule has 0 unspecified atom stereocenters. The van der Waals surface area contributed by atoms with Crippen LogP contribution in [0, 0.1) is 5.92 Å². The maximum Gasteiger partial charge on any atom is 0.263 e. The number of aromatic nitrogens is 2. The third kappa shape index (κ3) is 4.43. The lowest BCUT2D eigenvalue weighted by Gasteiger charge is -2.33. The summed E-state index contributed by atoms with van der Waals surface area (Å²) in [5, 5.41) is 8.81. The third-order valence-corrected chi connectivity index (χ3v) is 6.27. The molecule has 154 valence electrons. The molecule has 0 radical (unpaired) electrons. The summed E-state index contributed by atoms with van der Waals surface area (Å²) in [6.45, 7) is 9.08. The van der Waals surface area contributed by atoms with Crippen molar-refractivity contribution in [3.8, 4) is 10.7 Å². The number of rotatable bonds is 6. The molecule has 1 saturated heterocycles. The molecule has 1 amide bonds. The smallest absolute Gasteiger partial charge is 0.263 e. The molecule has 4 rings (SSSR count). The summed E-state index contributed by atoms with van der Waals surface area (Å²) in [4.78, 5) is 22.0. The van der Waals surface area contributed by atoms with Gasteiger partial charge < -0.3 is 19.6 Å². The second kappa shape index (κ2) is 8.51. The summed E-state index contributed by atoms with van der Waals surface area (Å²) in [6.07, 6.45) is 2.57. The number of thiazole rings is 1. The van der Waals surface area contributed by atoms with Crippen LogP contribution in [-0.4, -0.2) is 60.7 Å². The Bertz CT molecular complexity index is 988. The lowest BCUT2D eigenvalue weighted by molar-refractivity contribution is 0.0956. The number of nitrogens with zero attached hydrogens (tertiary/aromatic N) is 4. The molecule has 8 heteroatoms. The van der Waals surface area contributed by atoms with Crippen LogP contribution in [0.15, 0.2) is 28.9 Å². The van der Waals surface area contributed by atoms with Gasteiger partial charge in [0.05, 0.1) is 11.6 Å². The molecule has 0 bridgehead atoms. The van der Waals surface area contributed by atoms with Crippen LogP contribution in [0.3, 0.4) is 0 Å². The van der Waals surface area contributed by atoms with E-state index >= 15 is 0 Å². The number of piperazine rings is 1. The molecule has 0 atom stereocenters. The van der Waals surface area contributed by atoms with E-state index in [1.807, 2.05) is 12.1 Å². The molecule has 1 aliphatic rings. The van der Waals surface area contributed by atoms with Crippen molar-refractivity contribution in [1.29, 1.82) is 0 Å². The van der Waals surface area contributed by atoms with Gasteiger partial charge in [-0.25, -0.2) is 4.98 Å². The van der Waals surface area contributed by atoms with Gasteiger partial charge in [-0.3, -0.25) is 4.79 Å². The van der Waals surface area contributed by atoms with Crippen LogP contribution >= 0.6 is 11.3 Å². The molecule has 1 fully saturated rings. The maximum absolute atomic E-state index is 12.3. The molecule has 1 N–H and O–H groups in total. The largest absolute Gasteiger partial charge is 0.369 e. The zero-order chi connectivity index (χ0) is 20.4. The Morgan fingerprint density at radius 3 is 2.83 bits per heavy atom. The van der Waals surface area contributed by atoms with Crippen molar-refractivity contribution in [3.63, 3.8) is 0 Å². The standard InChI is InChI=1S/C21H27N5O2S/c1-14(2)6-7-22-20(27)18-13-23-21(29-18)19-16-5-4-15(12-17(16)28-24-19)26-10-8-25(3)9-11-26/h4-5,12-14H,6-11H2,1-3H3,(H,22,27). The number of carbonyl (C=O) groups is 1. The number of benzene rings is 1. The van der Waals surface area contributed by atoms with Crippen LogP contribution in [0.25, 0.3) is 21.7 Å². The second-order valence-electron chi connectivity index (χ2n) is 7.97. The van der Waals surface area contributed by atoms with Gasteiger partial charge in [-0.05, 0) is 31.5 Å². The Labute approximate surface area is 174 Å². The van der Waals surface area contributed by atoms with Crippen molar-refractivity contribution >= 4 is 33.9 Å². The minimum absolute atomic E-state index is 0.0837. The topological polar surface area (TPSA) is 74.5 Å². The molecule has 29 heavy (non-hydrogen) atoms. The number of carbonyl (C=O) groups excluding carboxylic acids is 1. The van der Waals surface area contributed by atoms with Gasteiger partial charge in [-0.2, -0.15) is 0 Å². The van der Waals surface area contributed by atoms with E-state index < -0.39 is 0 Å². The average Bonchev–Trinajstić information content (AvgIpc) is 3.34. The monoisotopic (exact) mass is 413 g/mol. The molecule has 3 aromatic rings. The second-order valence-corrected chi connectivity index (χ2v) is 9.00. The SMILES string of the molecule is CC(C)CCNC(=O)c1cnc(-c2noc3cc(N4CCN(C)CC4)ccc23)s1. The fraction of sp³-hybridized carbons (Fsp3) is 0.476. The van der Waals surface area contributed by atoms with Gasteiger partial charge in [0.15, 0.2) is 5.58 Å². The molecule has 0 spiro atoms. The molecule has 7 nitrogen and oxygen atoms in total. The summed E-state index contributed by atoms with van der Waals surface area (Å²) in [5.74, 6) is 0.476. The normalized spacial score (nSPS) is 15.4. The summed E-state index contributed by atoms with van der Waals surface area (Å²) in [6, 6.07) is 6.20. The quantitative estimate of drug-likeness (QED) is 0.667. The molecular weight excluding hydrogens is 386 g/mol. The van der Waals surface area contributed by atoms with Gasteiger partial charge in [-0.1, -0.05) is 19.0 Å². The lowest BCUT2D eigenvalue weighted by Crippen LogP contribution is -2.44. The predicted molar refractivity (Wildman–Crippen MR) is 117 cm³/mol. The summed E-state index contributed by atoms with van der Waals surface area (Å²) in [5.41, 5.74) is 2.59. The van der Waals surface area contributed by atoms with Gasteiger partial charge in [0.1, 0.15) is 15.6 Å². The summed E-state index contributed by atoms with van der Waals surface area (Å²) >= 11 is 1.34. The van der Waals surface area contributed by atoms with Crippen molar-refractivity contribution in [1.82, 2.24) is 20.4 Å². The number of hydrogen-bond acceptors (Lipinski definition) is 7. The Morgan fingerprint density at radius 1 is 1.28 bits per heavy atom. The van der Waals surface area contributed by atoms with Gasteiger partial charge >= 0.3 is 0 Å². The van der Waals surface area contributed by atoms with Crippen molar-refractivity contribution < 1.29 is 9.32 Å². The van der Waals surface area contributed by atoms with Crippen LogP contribution in [-0.2, 0) is 0 Å². The first-order valence-electron chi connectivity index (χ1n) is 10.1. The Morgan fingerprint density at radius 2 is 2.07 bits per heavy atom. The van der Waals surface area contributed by atoms with Gasteiger partial charge in [0.2, 0.25) is 0 Å². The van der Waals surface area contributed by atoms with E-state index in [9.17, 15) is 4.79 Å². The first kappa shape index (κ1) is 19.8. The first-order chi connectivity index (χ1) is 14.0. The Kier molecular flexibility index (Phi) is 5.82. The molecule has 2 aromatic heterocycles. The van der Waals surface area contributed by atoms with E-state index in [4.69, 9.17) is 4.52 Å². The predicted octanol–water partition coefficient (Wildman–Crippen LogP) is 3.48. The molecule has 1 aliphatic heterocycles. The molecule has 0 saturated carbocycles. The highest BCUT2D eigenvalue weighted by molar-refractivity contribution is 7.17. The van der Waals surface area contributed by atoms with E-state index in [1.54, 1.807) is 6.20 Å². The maximum atomic E-state index is 12.3. The zero-order valence-corrected chi connectivity index (χ0v) is 18.0. The number of fused-ring (bicyclic) bond motifs is 1. The summed E-state index contributed by atoms with van der Waals surface area (Å²) < 4.78 is 5.60. The van der Waals surface area contributed by atoms with E-state index in [0.29, 0.717) is 28.0 Å². The number of likely N-dealkylation sites (N-methyl/N-ethyl adjacent to an activating group) is 1. The lowest BCUT2D eigenvalue weighted by atomic mass is 10.1. The average molecular weight is 414 g/mol. The van der Waals surface area contributed by atoms with Crippen molar-refractivity contribution in [2.24, 2.45) is 5.92 Å². The number of hydrogen-bond donors (Lipinski definition) is 1. The van der Waals surface area contributed by atoms with E-state index in [1.165, 1.54) is 11.3 Å². The van der Waals surface area contributed by atoms with Crippen LogP contribution < -0.4 is 10.2 Å². The van der Waals surface area contributed by atoms with Gasteiger partial charge in [0.25, 0.3) is 5.91 Å². The van der Waals surface area contributed by atoms with E-state index in [-0.39, 0.29) is 5.91 Å². The minimum atomic E-state index is -0.0837. The molecule has 0 aliphatic carbocycles. The van der Waals surface area contributed by atoms with Crippen molar-refractivity contribution in [2.45, 2.75) is 20.3 Å². The zero-order valence-electron chi connectivity index (χ0n) is 17.1. The van der Waals surface area contributed by atoms with Crippen LogP contribution in [0.1, 0.15) is 29.9 Å². The number of nitrogens with one attached hydrogen (secondary N) is 1. The first-order valence-corrected chi connectivity index (χ1v) is 10.9. The van der Waals surface area contributed by atoms with Gasteiger partial charge in [0, 0.05) is 44.5 Å². The van der Waals surface area contributed by atoms with Crippen LogP contribution in [0.5, 0.6) is 0 Å². The number of amides is 1.